The summed E-state index contributed by atoms with van der Waals surface area (Å²) in [6.07, 6.45) is -0.172. The van der Waals surface area contributed by atoms with E-state index in [0.29, 0.717) is 0 Å². The Labute approximate surface area is 123 Å². The second kappa shape index (κ2) is 6.99. The van der Waals surface area contributed by atoms with Gasteiger partial charge in [0, 0.05) is 12.0 Å². The molecule has 0 fully saturated rings. The van der Waals surface area contributed by atoms with E-state index in [9.17, 15) is 19.7 Å². The van der Waals surface area contributed by atoms with Gasteiger partial charge in [-0.25, -0.2) is 0 Å². The summed E-state index contributed by atoms with van der Waals surface area (Å²) in [5.41, 5.74) is 0.0514. The number of nitro benzene ring substituents is 1. The van der Waals surface area contributed by atoms with Gasteiger partial charge in [0.25, 0.3) is 5.69 Å². The highest BCUT2D eigenvalue weighted by Crippen LogP contribution is 2.30. The molecule has 0 aromatic heterocycles. The first-order valence-corrected chi connectivity index (χ1v) is 6.29. The summed E-state index contributed by atoms with van der Waals surface area (Å²) in [5, 5.41) is 11.0. The predicted octanol–water partition coefficient (Wildman–Crippen LogP) is 1.86. The van der Waals surface area contributed by atoms with Crippen molar-refractivity contribution in [2.75, 3.05) is 14.2 Å². The van der Waals surface area contributed by atoms with Crippen LogP contribution in [0.3, 0.4) is 0 Å². The Balaban J connectivity index is 3.18. The molecule has 0 saturated heterocycles. The van der Waals surface area contributed by atoms with Crippen molar-refractivity contribution in [3.8, 4) is 0 Å². The molecular formula is C12H12BrNO6. The fraction of sp³-hybridized carbons (Fsp3) is 0.333. The summed E-state index contributed by atoms with van der Waals surface area (Å²) in [6.45, 7) is 0. The summed E-state index contributed by atoms with van der Waals surface area (Å²) in [5.74, 6) is -2.84. The Morgan fingerprint density at radius 2 is 1.85 bits per heavy atom. The lowest BCUT2D eigenvalue weighted by Gasteiger charge is -2.12. The predicted molar refractivity (Wildman–Crippen MR) is 72.0 cm³/mol. The van der Waals surface area contributed by atoms with Crippen LogP contribution in [0.5, 0.6) is 0 Å². The molecule has 1 rings (SSSR count). The quantitative estimate of drug-likeness (QED) is 0.349. The van der Waals surface area contributed by atoms with Crippen molar-refractivity contribution in [3.05, 3.63) is 38.3 Å². The van der Waals surface area contributed by atoms with E-state index in [2.05, 4.69) is 25.4 Å². The van der Waals surface area contributed by atoms with Crippen LogP contribution in [0.25, 0.3) is 0 Å². The van der Waals surface area contributed by atoms with Crippen LogP contribution in [0.1, 0.15) is 5.56 Å². The van der Waals surface area contributed by atoms with E-state index in [0.717, 1.165) is 14.2 Å². The van der Waals surface area contributed by atoms with Crippen LogP contribution in [0, 0.1) is 16.0 Å². The summed E-state index contributed by atoms with van der Waals surface area (Å²) in [4.78, 5) is 33.6. The lowest BCUT2D eigenvalue weighted by atomic mass is 9.98. The number of rotatable bonds is 5. The van der Waals surface area contributed by atoms with E-state index in [1.165, 1.54) is 12.1 Å². The normalized spacial score (nSPS) is 10.2. The van der Waals surface area contributed by atoms with Gasteiger partial charge in [-0.1, -0.05) is 12.1 Å². The Morgan fingerprint density at radius 1 is 1.30 bits per heavy atom. The minimum Gasteiger partial charge on any atom is -0.468 e. The summed E-state index contributed by atoms with van der Waals surface area (Å²) in [6, 6.07) is 4.56. The molecule has 0 amide bonds. The molecule has 0 unspecified atom stereocenters. The molecule has 0 N–H and O–H groups in total. The highest BCUT2D eigenvalue weighted by Gasteiger charge is 2.32. The molecule has 0 aliphatic rings. The fourth-order valence-electron chi connectivity index (χ4n) is 1.70. The van der Waals surface area contributed by atoms with Gasteiger partial charge in [0.05, 0.1) is 23.6 Å². The lowest BCUT2D eigenvalue weighted by Crippen LogP contribution is -2.28. The average molecular weight is 346 g/mol. The third-order valence-electron chi connectivity index (χ3n) is 2.65. The number of para-hydroxylation sites is 1. The van der Waals surface area contributed by atoms with E-state index in [4.69, 9.17) is 0 Å². The first-order valence-electron chi connectivity index (χ1n) is 5.49. The van der Waals surface area contributed by atoms with Crippen molar-refractivity contribution in [2.24, 2.45) is 5.92 Å². The molecule has 0 atom stereocenters. The van der Waals surface area contributed by atoms with Crippen molar-refractivity contribution in [3.63, 3.8) is 0 Å². The highest BCUT2D eigenvalue weighted by atomic mass is 79.9. The van der Waals surface area contributed by atoms with Crippen LogP contribution in [0.2, 0.25) is 0 Å². The van der Waals surface area contributed by atoms with Crippen LogP contribution < -0.4 is 0 Å². The van der Waals surface area contributed by atoms with E-state index >= 15 is 0 Å². The topological polar surface area (TPSA) is 95.7 Å². The maximum Gasteiger partial charge on any atom is 0.320 e. The molecule has 8 heteroatoms. The monoisotopic (exact) mass is 345 g/mol. The van der Waals surface area contributed by atoms with Crippen molar-refractivity contribution in [1.82, 2.24) is 0 Å². The number of nitro groups is 1. The molecule has 7 nitrogen and oxygen atoms in total. The number of carbonyl (C=O) groups is 2. The number of halogens is 1. The first-order chi connectivity index (χ1) is 9.42. The third kappa shape index (κ3) is 3.53. The van der Waals surface area contributed by atoms with Gasteiger partial charge in [0.2, 0.25) is 0 Å². The van der Waals surface area contributed by atoms with Crippen molar-refractivity contribution < 1.29 is 24.0 Å². The molecule has 0 bridgehead atoms. The van der Waals surface area contributed by atoms with Crippen LogP contribution in [-0.2, 0) is 25.5 Å². The molecule has 1 aromatic carbocycles. The number of esters is 2. The van der Waals surface area contributed by atoms with E-state index < -0.39 is 22.8 Å². The zero-order valence-electron chi connectivity index (χ0n) is 10.8. The molecule has 0 spiro atoms. The number of hydrogen-bond donors (Lipinski definition) is 0. The number of carbonyl (C=O) groups excluding carboxylic acids is 2. The SMILES string of the molecule is COC(=O)C(Cc1cccc(Br)c1[N+](=O)[O-])C(=O)OC. The smallest absolute Gasteiger partial charge is 0.320 e. The largest absolute Gasteiger partial charge is 0.468 e. The fourth-order valence-corrected chi connectivity index (χ4v) is 2.25. The van der Waals surface area contributed by atoms with Crippen molar-refractivity contribution >= 4 is 33.6 Å². The van der Waals surface area contributed by atoms with E-state index in [1.807, 2.05) is 0 Å². The molecule has 0 saturated carbocycles. The molecule has 0 aliphatic heterocycles. The maximum atomic E-state index is 11.6. The standard InChI is InChI=1S/C12H12BrNO6/c1-19-11(15)8(12(16)20-2)6-7-4-3-5-9(13)10(7)14(17)18/h3-5,8H,6H2,1-2H3. The van der Waals surface area contributed by atoms with Crippen molar-refractivity contribution in [2.45, 2.75) is 6.42 Å². The molecule has 0 heterocycles. The van der Waals surface area contributed by atoms with Gasteiger partial charge in [-0.05, 0) is 22.0 Å². The van der Waals surface area contributed by atoms with E-state index in [-0.39, 0.29) is 22.1 Å². The molecule has 0 aliphatic carbocycles. The number of ether oxygens (including phenoxy) is 2. The van der Waals surface area contributed by atoms with Crippen LogP contribution in [0.15, 0.2) is 22.7 Å². The molecular weight excluding hydrogens is 334 g/mol. The zero-order chi connectivity index (χ0) is 15.3. The Morgan fingerprint density at radius 3 is 2.30 bits per heavy atom. The highest BCUT2D eigenvalue weighted by molar-refractivity contribution is 9.10. The molecule has 0 radical (unpaired) electrons. The summed E-state index contributed by atoms with van der Waals surface area (Å²) >= 11 is 3.07. The van der Waals surface area contributed by atoms with Crippen LogP contribution in [0.4, 0.5) is 5.69 Å². The van der Waals surface area contributed by atoms with Gasteiger partial charge in [-0.2, -0.15) is 0 Å². The molecule has 108 valence electrons. The number of benzene rings is 1. The van der Waals surface area contributed by atoms with Crippen molar-refractivity contribution in [1.29, 1.82) is 0 Å². The summed E-state index contributed by atoms with van der Waals surface area (Å²) < 4.78 is 9.31. The summed E-state index contributed by atoms with van der Waals surface area (Å²) in [7, 11) is 2.27. The second-order valence-corrected chi connectivity index (χ2v) is 4.66. The zero-order valence-corrected chi connectivity index (χ0v) is 12.4. The maximum absolute atomic E-state index is 11.6. The van der Waals surface area contributed by atoms with Gasteiger partial charge in [0.15, 0.2) is 5.92 Å². The number of nitrogens with zero attached hydrogens (tertiary/aromatic N) is 1. The van der Waals surface area contributed by atoms with E-state index in [1.54, 1.807) is 6.07 Å². The minimum atomic E-state index is -1.24. The third-order valence-corrected chi connectivity index (χ3v) is 3.29. The van der Waals surface area contributed by atoms with Gasteiger partial charge in [-0.3, -0.25) is 19.7 Å². The van der Waals surface area contributed by atoms with Crippen LogP contribution in [-0.4, -0.2) is 31.1 Å². The number of methoxy groups -OCH3 is 2. The molecule has 20 heavy (non-hydrogen) atoms. The van der Waals surface area contributed by atoms with Gasteiger partial charge >= 0.3 is 11.9 Å². The Kier molecular flexibility index (Phi) is 5.63. The minimum absolute atomic E-state index is 0.172. The Hall–Kier alpha value is -1.96. The molecule has 1 aromatic rings. The Bertz CT molecular complexity index is 529. The van der Waals surface area contributed by atoms with Crippen LogP contribution >= 0.6 is 15.9 Å². The number of hydrogen-bond acceptors (Lipinski definition) is 6. The van der Waals surface area contributed by atoms with Gasteiger partial charge in [-0.15, -0.1) is 0 Å². The van der Waals surface area contributed by atoms with Gasteiger partial charge in [0.1, 0.15) is 0 Å². The first kappa shape index (κ1) is 16.1. The van der Waals surface area contributed by atoms with Gasteiger partial charge < -0.3 is 9.47 Å². The average Bonchev–Trinajstić information content (AvgIpc) is 2.42. The second-order valence-electron chi connectivity index (χ2n) is 3.81. The lowest BCUT2D eigenvalue weighted by molar-refractivity contribution is -0.386.